The van der Waals surface area contributed by atoms with Crippen LogP contribution < -0.4 is 10.6 Å². The molecule has 0 aliphatic heterocycles. The zero-order chi connectivity index (χ0) is 14.1. The lowest BCUT2D eigenvalue weighted by Gasteiger charge is -2.10. The molecular formula is C12H21N5O2. The van der Waals surface area contributed by atoms with Crippen LogP contribution in [0.25, 0.3) is 0 Å². The summed E-state index contributed by atoms with van der Waals surface area (Å²) in [6, 6.07) is 3.35. The van der Waals surface area contributed by atoms with E-state index < -0.39 is 0 Å². The highest BCUT2D eigenvalue weighted by Crippen LogP contribution is 2.01. The second kappa shape index (κ2) is 8.39. The molecule has 106 valence electrons. The standard InChI is InChI=1S/C12H21N5O2/c1-13-12(18)10-4-5-11(16-15-10)14-6-8-19-9-7-17(2)3/h4-5H,6-9H2,1-3H3,(H,13,18)(H,14,16). The van der Waals surface area contributed by atoms with E-state index >= 15 is 0 Å². The second-order valence-corrected chi connectivity index (χ2v) is 4.23. The Morgan fingerprint density at radius 2 is 2.11 bits per heavy atom. The lowest BCUT2D eigenvalue weighted by atomic mass is 10.3. The van der Waals surface area contributed by atoms with Gasteiger partial charge >= 0.3 is 0 Å². The molecule has 0 saturated carbocycles. The topological polar surface area (TPSA) is 79.4 Å². The van der Waals surface area contributed by atoms with Crippen LogP contribution in [0.15, 0.2) is 12.1 Å². The summed E-state index contributed by atoms with van der Waals surface area (Å²) in [7, 11) is 5.57. The average Bonchev–Trinajstić information content (AvgIpc) is 2.42. The Morgan fingerprint density at radius 1 is 1.32 bits per heavy atom. The van der Waals surface area contributed by atoms with E-state index in [2.05, 4.69) is 25.7 Å². The van der Waals surface area contributed by atoms with Gasteiger partial charge in [0.25, 0.3) is 5.91 Å². The highest BCUT2D eigenvalue weighted by molar-refractivity contribution is 5.91. The van der Waals surface area contributed by atoms with Crippen LogP contribution in [0.5, 0.6) is 0 Å². The number of hydrogen-bond acceptors (Lipinski definition) is 6. The Morgan fingerprint density at radius 3 is 2.68 bits per heavy atom. The van der Waals surface area contributed by atoms with Gasteiger partial charge in [-0.05, 0) is 26.2 Å². The van der Waals surface area contributed by atoms with Crippen molar-refractivity contribution < 1.29 is 9.53 Å². The average molecular weight is 267 g/mol. The van der Waals surface area contributed by atoms with E-state index in [0.717, 1.165) is 6.54 Å². The first-order valence-electron chi connectivity index (χ1n) is 6.15. The number of aromatic nitrogens is 2. The Bertz CT molecular complexity index is 380. The van der Waals surface area contributed by atoms with Crippen molar-refractivity contribution in [2.45, 2.75) is 0 Å². The van der Waals surface area contributed by atoms with Gasteiger partial charge in [0.1, 0.15) is 5.82 Å². The largest absolute Gasteiger partial charge is 0.378 e. The van der Waals surface area contributed by atoms with Gasteiger partial charge in [-0.1, -0.05) is 0 Å². The number of hydrogen-bond donors (Lipinski definition) is 2. The minimum atomic E-state index is -0.244. The molecule has 7 nitrogen and oxygen atoms in total. The van der Waals surface area contributed by atoms with Gasteiger partial charge in [0.05, 0.1) is 13.2 Å². The van der Waals surface area contributed by atoms with Crippen molar-refractivity contribution >= 4 is 11.7 Å². The molecule has 1 aromatic rings. The van der Waals surface area contributed by atoms with E-state index in [1.54, 1.807) is 19.2 Å². The van der Waals surface area contributed by atoms with Crippen molar-refractivity contribution in [2.24, 2.45) is 0 Å². The van der Waals surface area contributed by atoms with Gasteiger partial charge in [0.15, 0.2) is 5.69 Å². The van der Waals surface area contributed by atoms with Crippen molar-refractivity contribution in [3.8, 4) is 0 Å². The fourth-order valence-electron chi connectivity index (χ4n) is 1.28. The number of ether oxygens (including phenoxy) is 1. The second-order valence-electron chi connectivity index (χ2n) is 4.23. The number of carbonyl (C=O) groups is 1. The maximum atomic E-state index is 11.3. The third-order valence-electron chi connectivity index (χ3n) is 2.36. The summed E-state index contributed by atoms with van der Waals surface area (Å²) in [5.41, 5.74) is 0.301. The van der Waals surface area contributed by atoms with Crippen LogP contribution in [0.2, 0.25) is 0 Å². The molecular weight excluding hydrogens is 246 g/mol. The van der Waals surface area contributed by atoms with E-state index in [0.29, 0.717) is 31.3 Å². The maximum Gasteiger partial charge on any atom is 0.271 e. The molecule has 0 aliphatic rings. The van der Waals surface area contributed by atoms with Gasteiger partial charge in [-0.3, -0.25) is 4.79 Å². The number of likely N-dealkylation sites (N-methyl/N-ethyl adjacent to an activating group) is 1. The van der Waals surface area contributed by atoms with Crippen LogP contribution in [0.4, 0.5) is 5.82 Å². The zero-order valence-corrected chi connectivity index (χ0v) is 11.6. The summed E-state index contributed by atoms with van der Waals surface area (Å²) >= 11 is 0. The van der Waals surface area contributed by atoms with E-state index in [1.165, 1.54) is 0 Å². The maximum absolute atomic E-state index is 11.3. The van der Waals surface area contributed by atoms with Crippen LogP contribution in [0.1, 0.15) is 10.5 Å². The molecule has 1 amide bonds. The van der Waals surface area contributed by atoms with Crippen molar-refractivity contribution in [1.82, 2.24) is 20.4 Å². The SMILES string of the molecule is CNC(=O)c1ccc(NCCOCCN(C)C)nn1. The van der Waals surface area contributed by atoms with Crippen molar-refractivity contribution in [3.05, 3.63) is 17.8 Å². The highest BCUT2D eigenvalue weighted by atomic mass is 16.5. The number of nitrogens with zero attached hydrogens (tertiary/aromatic N) is 3. The van der Waals surface area contributed by atoms with E-state index in [9.17, 15) is 4.79 Å². The normalized spacial score (nSPS) is 10.5. The third kappa shape index (κ3) is 6.12. The summed E-state index contributed by atoms with van der Waals surface area (Å²) in [5.74, 6) is 0.384. The van der Waals surface area contributed by atoms with Crippen LogP contribution in [-0.4, -0.2) is 68.5 Å². The first kappa shape index (κ1) is 15.3. The fraction of sp³-hybridized carbons (Fsp3) is 0.583. The lowest BCUT2D eigenvalue weighted by Crippen LogP contribution is -2.21. The number of amides is 1. The van der Waals surface area contributed by atoms with Gasteiger partial charge < -0.3 is 20.3 Å². The molecule has 0 bridgehead atoms. The van der Waals surface area contributed by atoms with Crippen molar-refractivity contribution in [2.75, 3.05) is 52.8 Å². The number of nitrogens with one attached hydrogen (secondary N) is 2. The number of rotatable bonds is 8. The van der Waals surface area contributed by atoms with Crippen LogP contribution >= 0.6 is 0 Å². The molecule has 0 aliphatic carbocycles. The number of anilines is 1. The predicted octanol–water partition coefficient (Wildman–Crippen LogP) is -0.174. The Labute approximate surface area is 113 Å². The van der Waals surface area contributed by atoms with Crippen molar-refractivity contribution in [3.63, 3.8) is 0 Å². The molecule has 0 fully saturated rings. The molecule has 1 aromatic heterocycles. The van der Waals surface area contributed by atoms with Gasteiger partial charge in [-0.15, -0.1) is 10.2 Å². The Kier molecular flexibility index (Phi) is 6.76. The van der Waals surface area contributed by atoms with E-state index in [4.69, 9.17) is 4.74 Å². The van der Waals surface area contributed by atoms with Gasteiger partial charge in [0.2, 0.25) is 0 Å². The third-order valence-corrected chi connectivity index (χ3v) is 2.36. The fourth-order valence-corrected chi connectivity index (χ4v) is 1.28. The highest BCUT2D eigenvalue weighted by Gasteiger charge is 2.04. The molecule has 0 unspecified atom stereocenters. The molecule has 1 heterocycles. The quantitative estimate of drug-likeness (QED) is 0.636. The van der Waals surface area contributed by atoms with Gasteiger partial charge in [-0.2, -0.15) is 0 Å². The molecule has 2 N–H and O–H groups in total. The molecule has 0 spiro atoms. The predicted molar refractivity (Wildman–Crippen MR) is 73.3 cm³/mol. The molecule has 0 aromatic carbocycles. The minimum Gasteiger partial charge on any atom is -0.378 e. The number of carbonyl (C=O) groups excluding carboxylic acids is 1. The monoisotopic (exact) mass is 267 g/mol. The summed E-state index contributed by atoms with van der Waals surface area (Å²) < 4.78 is 5.43. The molecule has 0 radical (unpaired) electrons. The van der Waals surface area contributed by atoms with Crippen molar-refractivity contribution in [1.29, 1.82) is 0 Å². The Balaban J connectivity index is 2.21. The smallest absolute Gasteiger partial charge is 0.271 e. The first-order chi connectivity index (χ1) is 9.13. The van der Waals surface area contributed by atoms with Gasteiger partial charge in [-0.25, -0.2) is 0 Å². The van der Waals surface area contributed by atoms with E-state index in [1.807, 2.05) is 14.1 Å². The summed E-state index contributed by atoms with van der Waals surface area (Å²) in [4.78, 5) is 13.3. The van der Waals surface area contributed by atoms with Gasteiger partial charge in [0, 0.05) is 20.1 Å². The molecule has 1 rings (SSSR count). The molecule has 0 atom stereocenters. The molecule has 19 heavy (non-hydrogen) atoms. The van der Waals surface area contributed by atoms with Crippen LogP contribution in [0.3, 0.4) is 0 Å². The molecule has 0 saturated heterocycles. The molecule has 7 heteroatoms. The van der Waals surface area contributed by atoms with E-state index in [-0.39, 0.29) is 5.91 Å². The lowest BCUT2D eigenvalue weighted by molar-refractivity contribution is 0.0957. The zero-order valence-electron chi connectivity index (χ0n) is 11.6. The van der Waals surface area contributed by atoms with Crippen LogP contribution in [0, 0.1) is 0 Å². The summed E-state index contributed by atoms with van der Waals surface area (Å²) in [6.45, 7) is 2.87. The Hall–Kier alpha value is -1.73. The first-order valence-corrected chi connectivity index (χ1v) is 6.15. The summed E-state index contributed by atoms with van der Waals surface area (Å²) in [6.07, 6.45) is 0. The minimum absolute atomic E-state index is 0.244. The van der Waals surface area contributed by atoms with Crippen LogP contribution in [-0.2, 0) is 4.74 Å². The summed E-state index contributed by atoms with van der Waals surface area (Å²) in [5, 5.41) is 13.3.